The maximum Gasteiger partial charge on any atom is 0.272 e. The molecule has 118 valence electrons. The third-order valence-electron chi connectivity index (χ3n) is 3.49. The van der Waals surface area contributed by atoms with Gasteiger partial charge in [0.2, 0.25) is 15.4 Å². The highest BCUT2D eigenvalue weighted by Crippen LogP contribution is 2.27. The van der Waals surface area contributed by atoms with Crippen molar-refractivity contribution in [2.75, 3.05) is 25.5 Å². The Labute approximate surface area is 128 Å². The molecule has 2 unspecified atom stereocenters. The van der Waals surface area contributed by atoms with E-state index >= 15 is 0 Å². The number of anilines is 1. The molecule has 2 atom stereocenters. The van der Waals surface area contributed by atoms with Gasteiger partial charge in [-0.1, -0.05) is 18.3 Å². The lowest BCUT2D eigenvalue weighted by Gasteiger charge is -2.35. The topological polar surface area (TPSA) is 104 Å². The van der Waals surface area contributed by atoms with Crippen molar-refractivity contribution in [3.63, 3.8) is 0 Å². The molecule has 21 heavy (non-hydrogen) atoms. The van der Waals surface area contributed by atoms with Gasteiger partial charge < -0.3 is 10.6 Å². The summed E-state index contributed by atoms with van der Waals surface area (Å²) in [6, 6.07) is 0.320. The Bertz CT molecular complexity index is 615. The average Bonchev–Trinajstić information content (AvgIpc) is 2.87. The highest BCUT2D eigenvalue weighted by Gasteiger charge is 2.35. The molecule has 0 aliphatic carbocycles. The van der Waals surface area contributed by atoms with Gasteiger partial charge in [0.15, 0.2) is 0 Å². The molecule has 0 aromatic carbocycles. The monoisotopic (exact) mass is 333 g/mol. The quantitative estimate of drug-likeness (QED) is 0.758. The van der Waals surface area contributed by atoms with Crippen LogP contribution < -0.4 is 10.6 Å². The van der Waals surface area contributed by atoms with Crippen molar-refractivity contribution >= 4 is 32.4 Å². The predicted molar refractivity (Wildman–Crippen MR) is 79.6 cm³/mol. The summed E-state index contributed by atoms with van der Waals surface area (Å²) in [5, 5.41) is 13.2. The van der Waals surface area contributed by atoms with Gasteiger partial charge in [-0.25, -0.2) is 8.42 Å². The first-order chi connectivity index (χ1) is 9.84. The normalized spacial score (nSPS) is 24.0. The molecule has 1 aliphatic rings. The second kappa shape index (κ2) is 6.34. The van der Waals surface area contributed by atoms with Crippen LogP contribution in [0.25, 0.3) is 0 Å². The molecule has 2 heterocycles. The lowest BCUT2D eigenvalue weighted by molar-refractivity contribution is -0.114. The summed E-state index contributed by atoms with van der Waals surface area (Å²) in [5.74, 6) is -0.0835. The summed E-state index contributed by atoms with van der Waals surface area (Å²) in [6.07, 6.45) is 0.758. The lowest BCUT2D eigenvalue weighted by atomic mass is 9.96. The van der Waals surface area contributed by atoms with Gasteiger partial charge in [-0.2, -0.15) is 4.31 Å². The van der Waals surface area contributed by atoms with Crippen LogP contribution in [0.4, 0.5) is 5.13 Å². The van der Waals surface area contributed by atoms with E-state index in [-0.39, 0.29) is 21.3 Å². The molecule has 8 nitrogen and oxygen atoms in total. The minimum absolute atomic E-state index is 0.0821. The number of nitrogens with zero attached hydrogens (tertiary/aromatic N) is 3. The highest BCUT2D eigenvalue weighted by molar-refractivity contribution is 7.91. The van der Waals surface area contributed by atoms with Crippen molar-refractivity contribution in [3.8, 4) is 0 Å². The van der Waals surface area contributed by atoms with Crippen LogP contribution in [0.3, 0.4) is 0 Å². The fourth-order valence-corrected chi connectivity index (χ4v) is 5.02. The fourth-order valence-electron chi connectivity index (χ4n) is 2.38. The molecule has 1 fully saturated rings. The molecule has 2 N–H and O–H groups in total. The number of carbonyl (C=O) groups excluding carboxylic acids is 1. The molecule has 10 heteroatoms. The number of carbonyl (C=O) groups is 1. The first-order valence-electron chi connectivity index (χ1n) is 6.63. The van der Waals surface area contributed by atoms with Gasteiger partial charge >= 0.3 is 0 Å². The number of hydrogen-bond donors (Lipinski definition) is 2. The summed E-state index contributed by atoms with van der Waals surface area (Å²) in [7, 11) is -1.76. The molecular weight excluding hydrogens is 314 g/mol. The molecule has 1 saturated heterocycles. The van der Waals surface area contributed by atoms with E-state index in [4.69, 9.17) is 0 Å². The molecular formula is C11H19N5O3S2. The zero-order chi connectivity index (χ0) is 15.6. The first-order valence-corrected chi connectivity index (χ1v) is 8.88. The average molecular weight is 333 g/mol. The SMILES string of the molecule is CNC1CCN(S(=O)(=O)c2nnc(NC(C)=O)s2)CC1C. The second-order valence-electron chi connectivity index (χ2n) is 5.08. The van der Waals surface area contributed by atoms with Crippen LogP contribution in [0, 0.1) is 5.92 Å². The van der Waals surface area contributed by atoms with Crippen molar-refractivity contribution in [2.45, 2.75) is 30.6 Å². The Hall–Kier alpha value is -1.10. The van der Waals surface area contributed by atoms with Gasteiger partial charge in [0, 0.05) is 26.1 Å². The van der Waals surface area contributed by atoms with Crippen LogP contribution in [-0.2, 0) is 14.8 Å². The molecule has 2 rings (SSSR count). The maximum absolute atomic E-state index is 12.5. The van der Waals surface area contributed by atoms with Crippen molar-refractivity contribution in [2.24, 2.45) is 5.92 Å². The summed E-state index contributed by atoms with van der Waals surface area (Å²) in [5.41, 5.74) is 0. The Kier molecular flexibility index (Phi) is 4.91. The molecule has 1 amide bonds. The molecule has 1 aromatic rings. The first kappa shape index (κ1) is 16.3. The van der Waals surface area contributed by atoms with E-state index in [0.717, 1.165) is 17.8 Å². The van der Waals surface area contributed by atoms with E-state index in [1.807, 2.05) is 14.0 Å². The Balaban J connectivity index is 2.15. The number of sulfonamides is 1. The molecule has 0 saturated carbocycles. The number of piperidine rings is 1. The molecule has 0 bridgehead atoms. The Morgan fingerprint density at radius 3 is 2.71 bits per heavy atom. The zero-order valence-electron chi connectivity index (χ0n) is 12.2. The van der Waals surface area contributed by atoms with E-state index < -0.39 is 10.0 Å². The third kappa shape index (κ3) is 3.57. The van der Waals surface area contributed by atoms with Crippen LogP contribution in [-0.4, -0.2) is 55.0 Å². The number of hydrogen-bond acceptors (Lipinski definition) is 7. The van der Waals surface area contributed by atoms with Gasteiger partial charge in [-0.05, 0) is 19.4 Å². The summed E-state index contributed by atoms with van der Waals surface area (Å²) < 4.78 is 26.4. The van der Waals surface area contributed by atoms with Crippen LogP contribution in [0.5, 0.6) is 0 Å². The van der Waals surface area contributed by atoms with Crippen molar-refractivity contribution in [1.82, 2.24) is 19.8 Å². The molecule has 1 aliphatic heterocycles. The van der Waals surface area contributed by atoms with Crippen LogP contribution >= 0.6 is 11.3 Å². The van der Waals surface area contributed by atoms with Gasteiger partial charge in [-0.15, -0.1) is 10.2 Å². The van der Waals surface area contributed by atoms with Crippen molar-refractivity contribution < 1.29 is 13.2 Å². The zero-order valence-corrected chi connectivity index (χ0v) is 13.8. The molecule has 0 radical (unpaired) electrons. The van der Waals surface area contributed by atoms with E-state index in [9.17, 15) is 13.2 Å². The fraction of sp³-hybridized carbons (Fsp3) is 0.727. The molecule has 1 aromatic heterocycles. The van der Waals surface area contributed by atoms with Gasteiger partial charge in [0.25, 0.3) is 10.0 Å². The van der Waals surface area contributed by atoms with Crippen molar-refractivity contribution in [3.05, 3.63) is 0 Å². The van der Waals surface area contributed by atoms with Gasteiger partial charge in [-0.3, -0.25) is 4.79 Å². The number of rotatable bonds is 4. The van der Waals surface area contributed by atoms with E-state index in [2.05, 4.69) is 20.8 Å². The van der Waals surface area contributed by atoms with Crippen LogP contribution in [0.2, 0.25) is 0 Å². The Morgan fingerprint density at radius 2 is 2.14 bits per heavy atom. The van der Waals surface area contributed by atoms with Crippen LogP contribution in [0.1, 0.15) is 20.3 Å². The second-order valence-corrected chi connectivity index (χ2v) is 8.17. The van der Waals surface area contributed by atoms with Gasteiger partial charge in [0.05, 0.1) is 0 Å². The molecule has 0 spiro atoms. The van der Waals surface area contributed by atoms with Gasteiger partial charge in [0.1, 0.15) is 0 Å². The number of nitrogens with one attached hydrogen (secondary N) is 2. The minimum atomic E-state index is -3.64. The number of aromatic nitrogens is 2. The maximum atomic E-state index is 12.5. The summed E-state index contributed by atoms with van der Waals surface area (Å²) in [4.78, 5) is 10.9. The lowest BCUT2D eigenvalue weighted by Crippen LogP contribution is -2.49. The third-order valence-corrected chi connectivity index (χ3v) is 6.54. The minimum Gasteiger partial charge on any atom is -0.317 e. The standard InChI is InChI=1S/C11H19N5O3S2/c1-7-6-16(5-4-9(7)12-3)21(18,19)11-15-14-10(20-11)13-8(2)17/h7,9,12H,4-6H2,1-3H3,(H,13,14,17). The summed E-state index contributed by atoms with van der Waals surface area (Å²) >= 11 is 0.870. The predicted octanol–water partition coefficient (Wildman–Crippen LogP) is 0.115. The van der Waals surface area contributed by atoms with E-state index in [1.54, 1.807) is 0 Å². The van der Waals surface area contributed by atoms with E-state index in [0.29, 0.717) is 19.1 Å². The largest absolute Gasteiger partial charge is 0.317 e. The van der Waals surface area contributed by atoms with Crippen molar-refractivity contribution in [1.29, 1.82) is 0 Å². The Morgan fingerprint density at radius 1 is 1.43 bits per heavy atom. The van der Waals surface area contributed by atoms with E-state index in [1.165, 1.54) is 11.2 Å². The number of amides is 1. The highest BCUT2D eigenvalue weighted by atomic mass is 32.2. The summed E-state index contributed by atoms with van der Waals surface area (Å²) in [6.45, 7) is 4.25. The van der Waals surface area contributed by atoms with Crippen LogP contribution in [0.15, 0.2) is 4.34 Å². The smallest absolute Gasteiger partial charge is 0.272 e.